The van der Waals surface area contributed by atoms with Crippen molar-refractivity contribution in [1.29, 1.82) is 0 Å². The van der Waals surface area contributed by atoms with Gasteiger partial charge in [-0.05, 0) is 38.8 Å². The van der Waals surface area contributed by atoms with Crippen LogP contribution in [0.4, 0.5) is 0 Å². The fourth-order valence-electron chi connectivity index (χ4n) is 3.03. The fourth-order valence-corrected chi connectivity index (χ4v) is 3.19. The SMILES string of the molecule is CCNC(=NCc1ccc(Cl)cc1OCC)N1CCC(C(=O)OC)CC1. The van der Waals surface area contributed by atoms with Gasteiger partial charge in [-0.25, -0.2) is 4.99 Å². The number of rotatable bonds is 6. The summed E-state index contributed by atoms with van der Waals surface area (Å²) in [7, 11) is 1.45. The standard InChI is InChI=1S/C19H28ClN3O3/c1-4-21-19(23-10-8-14(9-11-23)18(24)25-3)22-13-15-6-7-16(20)12-17(15)26-5-2/h6-7,12,14H,4-5,8-11,13H2,1-3H3,(H,21,22). The summed E-state index contributed by atoms with van der Waals surface area (Å²) in [6.07, 6.45) is 1.56. The summed E-state index contributed by atoms with van der Waals surface area (Å²) in [5, 5.41) is 3.99. The summed E-state index contributed by atoms with van der Waals surface area (Å²) >= 11 is 6.06. The average Bonchev–Trinajstić information content (AvgIpc) is 2.66. The lowest BCUT2D eigenvalue weighted by atomic mass is 9.97. The summed E-state index contributed by atoms with van der Waals surface area (Å²) in [5.41, 5.74) is 0.996. The van der Waals surface area contributed by atoms with Gasteiger partial charge >= 0.3 is 5.97 Å². The largest absolute Gasteiger partial charge is 0.493 e. The van der Waals surface area contributed by atoms with Crippen molar-refractivity contribution >= 4 is 23.5 Å². The summed E-state index contributed by atoms with van der Waals surface area (Å²) in [4.78, 5) is 18.7. The minimum atomic E-state index is -0.117. The number of hydrogen-bond acceptors (Lipinski definition) is 4. The van der Waals surface area contributed by atoms with Crippen LogP contribution in [0.15, 0.2) is 23.2 Å². The molecule has 0 spiro atoms. The predicted molar refractivity (Wildman–Crippen MR) is 104 cm³/mol. The molecule has 0 bridgehead atoms. The molecule has 0 amide bonds. The molecule has 1 N–H and O–H groups in total. The van der Waals surface area contributed by atoms with E-state index < -0.39 is 0 Å². The highest BCUT2D eigenvalue weighted by molar-refractivity contribution is 6.30. The van der Waals surface area contributed by atoms with Crippen LogP contribution < -0.4 is 10.1 Å². The maximum atomic E-state index is 11.7. The van der Waals surface area contributed by atoms with Gasteiger partial charge in [0.2, 0.25) is 0 Å². The molecule has 0 aliphatic carbocycles. The van der Waals surface area contributed by atoms with Crippen molar-refractivity contribution in [2.75, 3.05) is 33.4 Å². The molecule has 0 radical (unpaired) electrons. The first-order valence-corrected chi connectivity index (χ1v) is 9.49. The topological polar surface area (TPSA) is 63.2 Å². The average molecular weight is 382 g/mol. The molecule has 1 aliphatic rings. The van der Waals surface area contributed by atoms with Gasteiger partial charge in [0.1, 0.15) is 5.75 Å². The maximum absolute atomic E-state index is 11.7. The first kappa shape index (κ1) is 20.4. The number of halogens is 1. The number of methoxy groups -OCH3 is 1. The smallest absolute Gasteiger partial charge is 0.308 e. The third kappa shape index (κ3) is 5.53. The van der Waals surface area contributed by atoms with Gasteiger partial charge in [-0.3, -0.25) is 4.79 Å². The van der Waals surface area contributed by atoms with Crippen LogP contribution in [-0.2, 0) is 16.1 Å². The number of guanidine groups is 1. The molecule has 1 fully saturated rings. The number of carbonyl (C=O) groups is 1. The molecule has 0 aromatic heterocycles. The molecule has 0 atom stereocenters. The highest BCUT2D eigenvalue weighted by Gasteiger charge is 2.27. The zero-order valence-corrected chi connectivity index (χ0v) is 16.5. The van der Waals surface area contributed by atoms with E-state index in [1.165, 1.54) is 7.11 Å². The first-order chi connectivity index (χ1) is 12.6. The van der Waals surface area contributed by atoms with E-state index in [4.69, 9.17) is 26.1 Å². The van der Waals surface area contributed by atoms with Crippen molar-refractivity contribution < 1.29 is 14.3 Å². The summed E-state index contributed by atoms with van der Waals surface area (Å²) < 4.78 is 10.5. The maximum Gasteiger partial charge on any atom is 0.308 e. The number of likely N-dealkylation sites (tertiary alicyclic amines) is 1. The molecule has 1 heterocycles. The second kappa shape index (κ2) is 10.3. The Morgan fingerprint density at radius 1 is 1.35 bits per heavy atom. The fraction of sp³-hybridized carbons (Fsp3) is 0.579. The molecule has 0 saturated carbocycles. The van der Waals surface area contributed by atoms with Crippen LogP contribution >= 0.6 is 11.6 Å². The second-order valence-electron chi connectivity index (χ2n) is 6.14. The van der Waals surface area contributed by atoms with Crippen LogP contribution in [0.2, 0.25) is 5.02 Å². The van der Waals surface area contributed by atoms with Crippen molar-refractivity contribution in [2.24, 2.45) is 10.9 Å². The van der Waals surface area contributed by atoms with Gasteiger partial charge in [0.05, 0.1) is 26.2 Å². The lowest BCUT2D eigenvalue weighted by Crippen LogP contribution is -2.46. The highest BCUT2D eigenvalue weighted by Crippen LogP contribution is 2.24. The van der Waals surface area contributed by atoms with Gasteiger partial charge in [0, 0.05) is 30.2 Å². The molecule has 1 saturated heterocycles. The first-order valence-electron chi connectivity index (χ1n) is 9.11. The van der Waals surface area contributed by atoms with Crippen LogP contribution in [0, 0.1) is 5.92 Å². The number of nitrogens with zero attached hydrogens (tertiary/aromatic N) is 2. The lowest BCUT2D eigenvalue weighted by Gasteiger charge is -2.33. The number of nitrogens with one attached hydrogen (secondary N) is 1. The minimum Gasteiger partial charge on any atom is -0.493 e. The Morgan fingerprint density at radius 3 is 2.69 bits per heavy atom. The molecule has 2 rings (SSSR count). The van der Waals surface area contributed by atoms with Gasteiger partial charge < -0.3 is 19.7 Å². The zero-order chi connectivity index (χ0) is 18.9. The Morgan fingerprint density at radius 2 is 2.08 bits per heavy atom. The van der Waals surface area contributed by atoms with Crippen LogP contribution in [0.5, 0.6) is 5.75 Å². The molecular weight excluding hydrogens is 354 g/mol. The van der Waals surface area contributed by atoms with E-state index in [2.05, 4.69) is 10.2 Å². The van der Waals surface area contributed by atoms with Crippen molar-refractivity contribution in [3.8, 4) is 5.75 Å². The van der Waals surface area contributed by atoms with Crippen molar-refractivity contribution in [3.05, 3.63) is 28.8 Å². The summed E-state index contributed by atoms with van der Waals surface area (Å²) in [5.74, 6) is 1.49. The monoisotopic (exact) mass is 381 g/mol. The van der Waals surface area contributed by atoms with E-state index in [9.17, 15) is 4.79 Å². The molecule has 1 aromatic carbocycles. The van der Waals surface area contributed by atoms with Crippen molar-refractivity contribution in [3.63, 3.8) is 0 Å². The number of piperidine rings is 1. The number of esters is 1. The van der Waals surface area contributed by atoms with E-state index >= 15 is 0 Å². The Labute approximate surface area is 160 Å². The minimum absolute atomic E-state index is 0.0139. The number of benzene rings is 1. The molecule has 0 unspecified atom stereocenters. The van der Waals surface area contributed by atoms with E-state index in [1.807, 2.05) is 32.0 Å². The van der Waals surface area contributed by atoms with Gasteiger partial charge in [-0.2, -0.15) is 0 Å². The number of aliphatic imine (C=N–C) groups is 1. The van der Waals surface area contributed by atoms with Crippen LogP contribution in [-0.4, -0.2) is 50.2 Å². The van der Waals surface area contributed by atoms with Gasteiger partial charge in [-0.15, -0.1) is 0 Å². The summed E-state index contributed by atoms with van der Waals surface area (Å²) in [6, 6.07) is 5.62. The Bertz CT molecular complexity index is 628. The van der Waals surface area contributed by atoms with E-state index in [-0.39, 0.29) is 11.9 Å². The number of carbonyl (C=O) groups excluding carboxylic acids is 1. The van der Waals surface area contributed by atoms with Crippen molar-refractivity contribution in [2.45, 2.75) is 33.2 Å². The number of hydrogen-bond donors (Lipinski definition) is 1. The normalized spacial score (nSPS) is 15.7. The number of ether oxygens (including phenoxy) is 2. The molecule has 26 heavy (non-hydrogen) atoms. The molecule has 1 aliphatic heterocycles. The molecule has 6 nitrogen and oxygen atoms in total. The van der Waals surface area contributed by atoms with E-state index in [0.717, 1.165) is 49.7 Å². The van der Waals surface area contributed by atoms with E-state index in [0.29, 0.717) is 18.2 Å². The van der Waals surface area contributed by atoms with Gasteiger partial charge in [0.25, 0.3) is 0 Å². The van der Waals surface area contributed by atoms with Gasteiger partial charge in [0.15, 0.2) is 5.96 Å². The Balaban J connectivity index is 2.07. The van der Waals surface area contributed by atoms with Crippen LogP contribution in [0.3, 0.4) is 0 Å². The molecule has 7 heteroatoms. The second-order valence-corrected chi connectivity index (χ2v) is 6.58. The van der Waals surface area contributed by atoms with Crippen LogP contribution in [0.1, 0.15) is 32.3 Å². The lowest BCUT2D eigenvalue weighted by molar-refractivity contribution is -0.146. The Hall–Kier alpha value is -1.95. The highest BCUT2D eigenvalue weighted by atomic mass is 35.5. The van der Waals surface area contributed by atoms with Crippen LogP contribution in [0.25, 0.3) is 0 Å². The molecule has 1 aromatic rings. The quantitative estimate of drug-likeness (QED) is 0.466. The van der Waals surface area contributed by atoms with E-state index in [1.54, 1.807) is 0 Å². The zero-order valence-electron chi connectivity index (χ0n) is 15.8. The summed E-state index contributed by atoms with van der Waals surface area (Å²) in [6.45, 7) is 7.43. The molecule has 144 valence electrons. The predicted octanol–water partition coefficient (Wildman–Crippen LogP) is 3.09. The van der Waals surface area contributed by atoms with Crippen molar-refractivity contribution in [1.82, 2.24) is 10.2 Å². The molecular formula is C19H28ClN3O3. The third-order valence-electron chi connectivity index (χ3n) is 4.39. The van der Waals surface area contributed by atoms with Gasteiger partial charge in [-0.1, -0.05) is 17.7 Å². The third-order valence-corrected chi connectivity index (χ3v) is 4.63. The Kier molecular flexibility index (Phi) is 8.04.